The number of amides is 1. The Hall–Kier alpha value is -1.88. The van der Waals surface area contributed by atoms with E-state index in [0.29, 0.717) is 0 Å². The molecule has 0 aliphatic carbocycles. The number of benzene rings is 1. The lowest BCUT2D eigenvalue weighted by molar-refractivity contribution is -0.148. The molecule has 0 aromatic heterocycles. The van der Waals surface area contributed by atoms with Crippen LogP contribution in [-0.4, -0.2) is 36.7 Å². The first kappa shape index (κ1) is 15.2. The van der Waals surface area contributed by atoms with E-state index in [1.54, 1.807) is 0 Å². The summed E-state index contributed by atoms with van der Waals surface area (Å²) in [5, 5.41) is 11.3. The van der Waals surface area contributed by atoms with Gasteiger partial charge < -0.3 is 15.2 Å². The number of nitrogens with one attached hydrogen (secondary N) is 1. The standard InChI is InChI=1S/C14H19NO4/c1-9-4-5-10(2)11(6-9)7-13(16)15-8-12(19-3)14(17)18/h4-6,12H,7-8H2,1-3H3,(H,15,16)(H,17,18). The molecule has 2 N–H and O–H groups in total. The fourth-order valence-electron chi connectivity index (χ4n) is 1.70. The van der Waals surface area contributed by atoms with Crippen molar-refractivity contribution in [3.63, 3.8) is 0 Å². The van der Waals surface area contributed by atoms with Gasteiger partial charge in [-0.05, 0) is 25.0 Å². The predicted molar refractivity (Wildman–Crippen MR) is 71.1 cm³/mol. The van der Waals surface area contributed by atoms with Gasteiger partial charge in [0.2, 0.25) is 5.91 Å². The summed E-state index contributed by atoms with van der Waals surface area (Å²) in [5.41, 5.74) is 3.08. The average Bonchev–Trinajstić information content (AvgIpc) is 2.34. The molecule has 0 fully saturated rings. The van der Waals surface area contributed by atoms with E-state index in [9.17, 15) is 9.59 Å². The molecule has 1 aromatic rings. The van der Waals surface area contributed by atoms with E-state index in [1.807, 2.05) is 32.0 Å². The van der Waals surface area contributed by atoms with Crippen LogP contribution in [-0.2, 0) is 20.7 Å². The normalized spacial score (nSPS) is 11.9. The first-order valence-corrected chi connectivity index (χ1v) is 6.02. The maximum Gasteiger partial charge on any atom is 0.334 e. The first-order valence-electron chi connectivity index (χ1n) is 6.02. The van der Waals surface area contributed by atoms with Gasteiger partial charge in [0.15, 0.2) is 6.10 Å². The lowest BCUT2D eigenvalue weighted by Crippen LogP contribution is -2.38. The van der Waals surface area contributed by atoms with Gasteiger partial charge in [0.1, 0.15) is 0 Å². The van der Waals surface area contributed by atoms with Gasteiger partial charge in [0.25, 0.3) is 0 Å². The van der Waals surface area contributed by atoms with Crippen molar-refractivity contribution in [3.05, 3.63) is 34.9 Å². The highest BCUT2D eigenvalue weighted by Gasteiger charge is 2.17. The summed E-state index contributed by atoms with van der Waals surface area (Å²) in [5.74, 6) is -1.30. The molecule has 19 heavy (non-hydrogen) atoms. The summed E-state index contributed by atoms with van der Waals surface area (Å²) in [6.07, 6.45) is -0.772. The van der Waals surface area contributed by atoms with Crippen molar-refractivity contribution in [3.8, 4) is 0 Å². The molecule has 1 rings (SSSR count). The van der Waals surface area contributed by atoms with Crippen LogP contribution in [0.2, 0.25) is 0 Å². The number of carbonyl (C=O) groups is 2. The van der Waals surface area contributed by atoms with Gasteiger partial charge in [-0.2, -0.15) is 0 Å². The summed E-state index contributed by atoms with van der Waals surface area (Å²) < 4.78 is 4.74. The first-order chi connectivity index (χ1) is 8.93. The van der Waals surface area contributed by atoms with Crippen molar-refractivity contribution in [2.24, 2.45) is 0 Å². The van der Waals surface area contributed by atoms with E-state index in [-0.39, 0.29) is 18.9 Å². The second-order valence-corrected chi connectivity index (χ2v) is 4.47. The number of hydrogen-bond acceptors (Lipinski definition) is 3. The maximum absolute atomic E-state index is 11.8. The number of rotatable bonds is 6. The zero-order chi connectivity index (χ0) is 14.4. The number of ether oxygens (including phenoxy) is 1. The minimum atomic E-state index is -1.09. The van der Waals surface area contributed by atoms with Gasteiger partial charge in [-0.1, -0.05) is 23.8 Å². The molecule has 0 saturated carbocycles. The lowest BCUT2D eigenvalue weighted by atomic mass is 10.0. The molecule has 1 unspecified atom stereocenters. The minimum Gasteiger partial charge on any atom is -0.479 e. The molecule has 5 nitrogen and oxygen atoms in total. The molecule has 0 heterocycles. The van der Waals surface area contributed by atoms with Crippen molar-refractivity contribution in [1.29, 1.82) is 0 Å². The fraction of sp³-hybridized carbons (Fsp3) is 0.429. The van der Waals surface area contributed by atoms with E-state index in [1.165, 1.54) is 7.11 Å². The number of methoxy groups -OCH3 is 1. The Labute approximate surface area is 112 Å². The Morgan fingerprint density at radius 2 is 2.05 bits per heavy atom. The number of carboxylic acids is 1. The molecule has 1 atom stereocenters. The van der Waals surface area contributed by atoms with Gasteiger partial charge >= 0.3 is 5.97 Å². The van der Waals surface area contributed by atoms with Gasteiger partial charge in [0, 0.05) is 7.11 Å². The third-order valence-corrected chi connectivity index (χ3v) is 2.90. The van der Waals surface area contributed by atoms with Crippen LogP contribution in [0, 0.1) is 13.8 Å². The highest BCUT2D eigenvalue weighted by molar-refractivity contribution is 5.80. The molecular formula is C14H19NO4. The molecule has 1 amide bonds. The SMILES string of the molecule is COC(CNC(=O)Cc1cc(C)ccc1C)C(=O)O. The topological polar surface area (TPSA) is 75.6 Å². The van der Waals surface area contributed by atoms with Crippen LogP contribution in [0.25, 0.3) is 0 Å². The van der Waals surface area contributed by atoms with Crippen molar-refractivity contribution in [2.75, 3.05) is 13.7 Å². The average molecular weight is 265 g/mol. The van der Waals surface area contributed by atoms with Crippen molar-refractivity contribution in [2.45, 2.75) is 26.4 Å². The molecule has 0 spiro atoms. The summed E-state index contributed by atoms with van der Waals surface area (Å²) in [6.45, 7) is 3.87. The Bertz CT molecular complexity index is 471. The molecule has 0 radical (unpaired) electrons. The number of aryl methyl sites for hydroxylation is 2. The van der Waals surface area contributed by atoms with Crippen molar-refractivity contribution >= 4 is 11.9 Å². The third-order valence-electron chi connectivity index (χ3n) is 2.90. The Morgan fingerprint density at radius 1 is 1.37 bits per heavy atom. The smallest absolute Gasteiger partial charge is 0.334 e. The Kier molecular flexibility index (Phi) is 5.51. The number of carbonyl (C=O) groups excluding carboxylic acids is 1. The molecule has 0 aliphatic heterocycles. The summed E-state index contributed by atoms with van der Waals surface area (Å²) in [7, 11) is 1.30. The van der Waals surface area contributed by atoms with Crippen molar-refractivity contribution < 1.29 is 19.4 Å². The van der Waals surface area contributed by atoms with E-state index in [4.69, 9.17) is 9.84 Å². The highest BCUT2D eigenvalue weighted by atomic mass is 16.5. The van der Waals surface area contributed by atoms with Gasteiger partial charge in [-0.3, -0.25) is 4.79 Å². The van der Waals surface area contributed by atoms with E-state index >= 15 is 0 Å². The highest BCUT2D eigenvalue weighted by Crippen LogP contribution is 2.11. The Balaban J connectivity index is 2.56. The zero-order valence-corrected chi connectivity index (χ0v) is 11.4. The summed E-state index contributed by atoms with van der Waals surface area (Å²) in [6, 6.07) is 5.91. The molecular weight excluding hydrogens is 246 g/mol. The van der Waals surface area contributed by atoms with Crippen LogP contribution in [0.15, 0.2) is 18.2 Å². The lowest BCUT2D eigenvalue weighted by Gasteiger charge is -2.12. The monoisotopic (exact) mass is 265 g/mol. The maximum atomic E-state index is 11.8. The predicted octanol–water partition coefficient (Wildman–Crippen LogP) is 1.06. The molecule has 0 bridgehead atoms. The summed E-state index contributed by atoms with van der Waals surface area (Å²) in [4.78, 5) is 22.5. The molecule has 1 aromatic carbocycles. The molecule has 104 valence electrons. The minimum absolute atomic E-state index is 0.0322. The molecule has 5 heteroatoms. The molecule has 0 saturated heterocycles. The van der Waals surface area contributed by atoms with E-state index < -0.39 is 12.1 Å². The van der Waals surface area contributed by atoms with Crippen LogP contribution >= 0.6 is 0 Å². The van der Waals surface area contributed by atoms with Crippen LogP contribution in [0.1, 0.15) is 16.7 Å². The number of carboxylic acid groups (broad SMARTS) is 1. The van der Waals surface area contributed by atoms with Gasteiger partial charge in [-0.25, -0.2) is 4.79 Å². The molecule has 0 aliphatic rings. The largest absolute Gasteiger partial charge is 0.479 e. The fourth-order valence-corrected chi connectivity index (χ4v) is 1.70. The quantitative estimate of drug-likeness (QED) is 0.806. The second kappa shape index (κ2) is 6.89. The second-order valence-electron chi connectivity index (χ2n) is 4.47. The zero-order valence-electron chi connectivity index (χ0n) is 11.4. The van der Waals surface area contributed by atoms with Gasteiger partial charge in [-0.15, -0.1) is 0 Å². The summed E-state index contributed by atoms with van der Waals surface area (Å²) >= 11 is 0. The number of aliphatic carboxylic acids is 1. The van der Waals surface area contributed by atoms with Crippen LogP contribution in [0.5, 0.6) is 0 Å². The van der Waals surface area contributed by atoms with Crippen LogP contribution < -0.4 is 5.32 Å². The van der Waals surface area contributed by atoms with E-state index in [2.05, 4.69) is 5.32 Å². The third kappa shape index (κ3) is 4.71. The van der Waals surface area contributed by atoms with Crippen LogP contribution in [0.3, 0.4) is 0 Å². The van der Waals surface area contributed by atoms with E-state index in [0.717, 1.165) is 16.7 Å². The van der Waals surface area contributed by atoms with Gasteiger partial charge in [0.05, 0.1) is 13.0 Å². The van der Waals surface area contributed by atoms with Crippen molar-refractivity contribution in [1.82, 2.24) is 5.32 Å². The van der Waals surface area contributed by atoms with Crippen LogP contribution in [0.4, 0.5) is 0 Å². The Morgan fingerprint density at radius 3 is 2.63 bits per heavy atom. The number of hydrogen-bond donors (Lipinski definition) is 2.